The van der Waals surface area contributed by atoms with Gasteiger partial charge in [0, 0.05) is 43.3 Å². The van der Waals surface area contributed by atoms with E-state index in [0.29, 0.717) is 5.41 Å². The third-order valence-electron chi connectivity index (χ3n) is 4.60. The Kier molecular flexibility index (Phi) is 9.16. The fourth-order valence-electron chi connectivity index (χ4n) is 3.54. The minimum absolute atomic E-state index is 0. The van der Waals surface area contributed by atoms with Crippen LogP contribution in [0.15, 0.2) is 17.6 Å². The lowest BCUT2D eigenvalue weighted by molar-refractivity contribution is 0.0976. The van der Waals surface area contributed by atoms with E-state index in [9.17, 15) is 0 Å². The van der Waals surface area contributed by atoms with E-state index in [-0.39, 0.29) is 24.8 Å². The van der Waals surface area contributed by atoms with Crippen LogP contribution in [-0.2, 0) is 6.54 Å². The minimum Gasteiger partial charge on any atom is -0.316 e. The molecule has 0 saturated carbocycles. The van der Waals surface area contributed by atoms with E-state index in [2.05, 4.69) is 27.1 Å². The Bertz CT molecular complexity index is 452. The third kappa shape index (κ3) is 5.75. The van der Waals surface area contributed by atoms with E-state index in [4.69, 9.17) is 0 Å². The number of hydrogen-bond donors (Lipinski definition) is 1. The molecule has 2 fully saturated rings. The van der Waals surface area contributed by atoms with Crippen LogP contribution >= 0.6 is 36.6 Å². The number of piperidine rings is 1. The van der Waals surface area contributed by atoms with Crippen molar-refractivity contribution in [3.8, 4) is 0 Å². The van der Waals surface area contributed by atoms with E-state index < -0.39 is 0 Å². The smallest absolute Gasteiger partial charge is 0.187 e. The highest BCUT2D eigenvalue weighted by molar-refractivity contribution is 7.99. The predicted molar refractivity (Wildman–Crippen MR) is 102 cm³/mol. The molecule has 0 bridgehead atoms. The molecule has 132 valence electrons. The number of hydrogen-bond acceptors (Lipinski definition) is 5. The second-order valence-electron chi connectivity index (χ2n) is 6.46. The lowest BCUT2D eigenvalue weighted by atomic mass is 9.79. The van der Waals surface area contributed by atoms with E-state index in [1.807, 2.05) is 12.4 Å². The number of nitrogens with one attached hydrogen (secondary N) is 1. The van der Waals surface area contributed by atoms with Crippen molar-refractivity contribution in [3.05, 3.63) is 18.0 Å². The highest BCUT2D eigenvalue weighted by atomic mass is 35.5. The topological polar surface area (TPSA) is 41.1 Å². The fraction of sp³-hybridized carbons (Fsp3) is 0.750. The molecule has 0 amide bonds. The summed E-state index contributed by atoms with van der Waals surface area (Å²) in [6.45, 7) is 8.03. The summed E-state index contributed by atoms with van der Waals surface area (Å²) in [7, 11) is 0. The molecule has 1 unspecified atom stereocenters. The van der Waals surface area contributed by atoms with Gasteiger partial charge in [0.1, 0.15) is 0 Å². The number of aromatic nitrogens is 2. The van der Waals surface area contributed by atoms with Crippen LogP contribution in [0.5, 0.6) is 0 Å². The van der Waals surface area contributed by atoms with Gasteiger partial charge < -0.3 is 5.32 Å². The summed E-state index contributed by atoms with van der Waals surface area (Å²) in [6.07, 6.45) is 9.25. The number of rotatable bonds is 5. The van der Waals surface area contributed by atoms with Gasteiger partial charge in [-0.1, -0.05) is 18.7 Å². The maximum atomic E-state index is 4.48. The molecule has 3 rings (SSSR count). The predicted octanol–water partition coefficient (Wildman–Crippen LogP) is 3.40. The van der Waals surface area contributed by atoms with Crippen molar-refractivity contribution in [2.24, 2.45) is 5.41 Å². The van der Waals surface area contributed by atoms with E-state index in [0.717, 1.165) is 17.5 Å². The standard InChI is InChI=1S/C16H26N4S.2ClH/c1-2-8-21-15-18-9-14(10-19-15)11-20-7-3-4-16(13-20)5-6-17-12-16;;/h9-10,17H,2-8,11-13H2,1H3;2*1H. The lowest BCUT2D eigenvalue weighted by Crippen LogP contribution is -2.44. The average molecular weight is 379 g/mol. The second-order valence-corrected chi connectivity index (χ2v) is 7.53. The highest BCUT2D eigenvalue weighted by Crippen LogP contribution is 2.35. The molecule has 1 N–H and O–H groups in total. The van der Waals surface area contributed by atoms with Gasteiger partial charge in [0.25, 0.3) is 0 Å². The molecule has 0 radical (unpaired) electrons. The summed E-state index contributed by atoms with van der Waals surface area (Å²) in [5.41, 5.74) is 1.79. The van der Waals surface area contributed by atoms with Gasteiger partial charge in [-0.05, 0) is 44.2 Å². The van der Waals surface area contributed by atoms with Gasteiger partial charge in [-0.25, -0.2) is 9.97 Å². The van der Waals surface area contributed by atoms with Gasteiger partial charge in [0.2, 0.25) is 0 Å². The zero-order valence-electron chi connectivity index (χ0n) is 13.8. The summed E-state index contributed by atoms with van der Waals surface area (Å²) in [5.74, 6) is 1.10. The van der Waals surface area contributed by atoms with Gasteiger partial charge in [0.15, 0.2) is 5.16 Å². The molecule has 23 heavy (non-hydrogen) atoms. The first-order valence-electron chi connectivity index (χ1n) is 8.16. The summed E-state index contributed by atoms with van der Waals surface area (Å²) in [4.78, 5) is 11.6. The van der Waals surface area contributed by atoms with Crippen LogP contribution in [-0.4, -0.2) is 46.8 Å². The molecule has 1 aromatic rings. The zero-order valence-corrected chi connectivity index (χ0v) is 16.2. The lowest BCUT2D eigenvalue weighted by Gasteiger charge is -2.40. The van der Waals surface area contributed by atoms with Crippen molar-refractivity contribution in [1.82, 2.24) is 20.2 Å². The second kappa shape index (κ2) is 10.0. The van der Waals surface area contributed by atoms with Gasteiger partial charge in [-0.3, -0.25) is 4.90 Å². The molecule has 2 saturated heterocycles. The Balaban J connectivity index is 0.00000132. The van der Waals surface area contributed by atoms with Crippen molar-refractivity contribution >= 4 is 36.6 Å². The molecule has 2 aliphatic heterocycles. The molecule has 0 aliphatic carbocycles. The fourth-order valence-corrected chi connectivity index (χ4v) is 4.18. The van der Waals surface area contributed by atoms with Crippen molar-refractivity contribution in [3.63, 3.8) is 0 Å². The Labute approximate surface area is 156 Å². The Morgan fingerprint density at radius 3 is 2.70 bits per heavy atom. The van der Waals surface area contributed by atoms with Crippen LogP contribution < -0.4 is 5.32 Å². The van der Waals surface area contributed by atoms with Gasteiger partial charge >= 0.3 is 0 Å². The molecular formula is C16H28Cl2N4S. The van der Waals surface area contributed by atoms with Crippen molar-refractivity contribution in [2.75, 3.05) is 31.9 Å². The first-order chi connectivity index (χ1) is 10.3. The van der Waals surface area contributed by atoms with Gasteiger partial charge in [-0.2, -0.15) is 0 Å². The largest absolute Gasteiger partial charge is 0.316 e. The summed E-state index contributed by atoms with van der Waals surface area (Å²) >= 11 is 1.75. The summed E-state index contributed by atoms with van der Waals surface area (Å²) in [5, 5.41) is 4.45. The number of likely N-dealkylation sites (tertiary alicyclic amines) is 1. The molecule has 1 spiro atoms. The maximum Gasteiger partial charge on any atom is 0.187 e. The first kappa shape index (κ1) is 21.0. The molecule has 0 aromatic carbocycles. The minimum atomic E-state index is 0. The van der Waals surface area contributed by atoms with E-state index >= 15 is 0 Å². The summed E-state index contributed by atoms with van der Waals surface area (Å²) < 4.78 is 0. The Morgan fingerprint density at radius 1 is 1.26 bits per heavy atom. The number of nitrogens with zero attached hydrogens (tertiary/aromatic N) is 3. The Morgan fingerprint density at radius 2 is 2.04 bits per heavy atom. The monoisotopic (exact) mass is 378 g/mol. The number of halogens is 2. The van der Waals surface area contributed by atoms with Crippen LogP contribution in [0.3, 0.4) is 0 Å². The van der Waals surface area contributed by atoms with E-state index in [1.54, 1.807) is 11.8 Å². The van der Waals surface area contributed by atoms with E-state index in [1.165, 1.54) is 57.4 Å². The van der Waals surface area contributed by atoms with Crippen LogP contribution in [0.25, 0.3) is 0 Å². The average Bonchev–Trinajstić information content (AvgIpc) is 2.94. The molecule has 3 heterocycles. The van der Waals surface area contributed by atoms with Crippen LogP contribution in [0.4, 0.5) is 0 Å². The first-order valence-corrected chi connectivity index (χ1v) is 9.15. The SMILES string of the molecule is CCCSc1ncc(CN2CCCC3(CCNC3)C2)cn1.Cl.Cl. The third-order valence-corrected chi connectivity index (χ3v) is 5.68. The van der Waals surface area contributed by atoms with Crippen LogP contribution in [0, 0.1) is 5.41 Å². The molecule has 1 atom stereocenters. The normalized spacial score (nSPS) is 24.2. The highest BCUT2D eigenvalue weighted by Gasteiger charge is 2.37. The van der Waals surface area contributed by atoms with Gasteiger partial charge in [-0.15, -0.1) is 24.8 Å². The van der Waals surface area contributed by atoms with Crippen LogP contribution in [0.2, 0.25) is 0 Å². The van der Waals surface area contributed by atoms with Crippen molar-refractivity contribution in [1.29, 1.82) is 0 Å². The van der Waals surface area contributed by atoms with Crippen molar-refractivity contribution in [2.45, 2.75) is 44.3 Å². The van der Waals surface area contributed by atoms with Gasteiger partial charge in [0.05, 0.1) is 0 Å². The van der Waals surface area contributed by atoms with Crippen LogP contribution in [0.1, 0.15) is 38.2 Å². The molecule has 4 nitrogen and oxygen atoms in total. The Hall–Kier alpha value is -0.0700. The quantitative estimate of drug-likeness (QED) is 0.627. The summed E-state index contributed by atoms with van der Waals surface area (Å²) in [6, 6.07) is 0. The molecule has 7 heteroatoms. The molecular weight excluding hydrogens is 351 g/mol. The zero-order chi connectivity index (χ0) is 14.5. The molecule has 1 aromatic heterocycles. The van der Waals surface area contributed by atoms with Crippen molar-refractivity contribution < 1.29 is 0 Å². The maximum absolute atomic E-state index is 4.48. The number of thioether (sulfide) groups is 1. The molecule has 2 aliphatic rings.